The summed E-state index contributed by atoms with van der Waals surface area (Å²) in [5, 5.41) is -0.457. The molecule has 0 N–H and O–H groups in total. The molecule has 0 aromatic rings. The minimum atomic E-state index is -0.457. The van der Waals surface area contributed by atoms with Gasteiger partial charge in [0.05, 0.1) is 6.26 Å². The molecule has 0 heterocycles. The molecule has 57 valence electrons. The second-order valence-electron chi connectivity index (χ2n) is 1.86. The smallest absolute Gasteiger partial charge is 0.324 e. The van der Waals surface area contributed by atoms with Gasteiger partial charge < -0.3 is 4.74 Å². The topological polar surface area (TPSA) is 26.3 Å². The zero-order valence-corrected chi connectivity index (χ0v) is 6.98. The number of allylic oxidation sites excluding steroid dienone is 1. The quantitative estimate of drug-likeness (QED) is 0.465. The summed E-state index contributed by atoms with van der Waals surface area (Å²) in [6.45, 7) is 3.58. The summed E-state index contributed by atoms with van der Waals surface area (Å²) in [5.41, 5.74) is 0. The summed E-state index contributed by atoms with van der Waals surface area (Å²) in [4.78, 5) is 10.6. The van der Waals surface area contributed by atoms with E-state index in [1.165, 1.54) is 6.26 Å². The normalized spacial score (nSPS) is 13.5. The van der Waals surface area contributed by atoms with E-state index in [1.54, 1.807) is 13.0 Å². The molecule has 0 fully saturated rings. The van der Waals surface area contributed by atoms with Crippen molar-refractivity contribution in [1.29, 1.82) is 0 Å². The second-order valence-corrected chi connectivity index (χ2v) is 2.57. The lowest BCUT2D eigenvalue weighted by molar-refractivity contribution is -0.137. The van der Waals surface area contributed by atoms with Crippen LogP contribution in [0, 0.1) is 0 Å². The molecule has 2 nitrogen and oxygen atoms in total. The average molecular weight is 159 g/mol. The Kier molecular flexibility index (Phi) is 5.12. The number of ether oxygens (including phenoxy) is 1. The lowest BCUT2D eigenvalue weighted by atomic mass is 10.5. The van der Waals surface area contributed by atoms with Crippen LogP contribution >= 0.6 is 12.6 Å². The first-order chi connectivity index (χ1) is 4.68. The van der Waals surface area contributed by atoms with E-state index < -0.39 is 5.25 Å². The van der Waals surface area contributed by atoms with Gasteiger partial charge in [-0.15, -0.1) is 0 Å². The standard InChI is InChI=1S/C7H11O2S/c1-3-4-5-9-7(8)6(2)10/h4-6H,3H2,1-2H3/b5-4+. The highest BCUT2D eigenvalue weighted by atomic mass is 32.1. The fourth-order valence-corrected chi connectivity index (χ4v) is 0.363. The third-order valence-electron chi connectivity index (χ3n) is 0.848. The fraction of sp³-hybridized carbons (Fsp3) is 0.571. The summed E-state index contributed by atoms with van der Waals surface area (Å²) >= 11 is 4.64. The van der Waals surface area contributed by atoms with Crippen LogP contribution < -0.4 is 0 Å². The van der Waals surface area contributed by atoms with E-state index in [2.05, 4.69) is 17.4 Å². The van der Waals surface area contributed by atoms with Crippen molar-refractivity contribution in [1.82, 2.24) is 0 Å². The Morgan fingerprint density at radius 1 is 1.80 bits per heavy atom. The minimum Gasteiger partial charge on any atom is -0.434 e. The molecule has 0 rings (SSSR count). The molecule has 1 radical (unpaired) electrons. The Labute approximate surface area is 66.7 Å². The maximum atomic E-state index is 10.6. The van der Waals surface area contributed by atoms with Crippen molar-refractivity contribution < 1.29 is 9.53 Å². The van der Waals surface area contributed by atoms with Crippen LogP contribution in [-0.4, -0.2) is 11.2 Å². The van der Waals surface area contributed by atoms with Gasteiger partial charge in [0.15, 0.2) is 0 Å². The van der Waals surface area contributed by atoms with Crippen LogP contribution in [0.3, 0.4) is 0 Å². The molecule has 0 bridgehead atoms. The van der Waals surface area contributed by atoms with Crippen molar-refractivity contribution in [2.45, 2.75) is 25.5 Å². The van der Waals surface area contributed by atoms with Crippen LogP contribution in [0.2, 0.25) is 0 Å². The highest BCUT2D eigenvalue weighted by molar-refractivity contribution is 7.81. The van der Waals surface area contributed by atoms with Gasteiger partial charge in [0.1, 0.15) is 5.25 Å². The summed E-state index contributed by atoms with van der Waals surface area (Å²) in [5.74, 6) is -0.361. The predicted molar refractivity (Wildman–Crippen MR) is 42.6 cm³/mol. The zero-order chi connectivity index (χ0) is 7.98. The van der Waals surface area contributed by atoms with E-state index in [4.69, 9.17) is 0 Å². The summed E-state index contributed by atoms with van der Waals surface area (Å²) in [7, 11) is 0. The Morgan fingerprint density at radius 3 is 2.80 bits per heavy atom. The molecule has 0 aromatic carbocycles. The van der Waals surface area contributed by atoms with E-state index >= 15 is 0 Å². The molecule has 0 spiro atoms. The third kappa shape index (κ3) is 4.44. The number of hydrogen-bond acceptors (Lipinski definition) is 2. The fourth-order valence-electron chi connectivity index (χ4n) is 0.307. The Bertz CT molecular complexity index is 130. The number of hydrogen-bond donors (Lipinski definition) is 0. The molecule has 10 heavy (non-hydrogen) atoms. The molecule has 1 unspecified atom stereocenters. The van der Waals surface area contributed by atoms with Gasteiger partial charge in [-0.2, -0.15) is 0 Å². The molecule has 0 aromatic heterocycles. The molecule has 0 aliphatic rings. The summed E-state index contributed by atoms with van der Waals surface area (Å²) in [6.07, 6.45) is 4.00. The highest BCUT2D eigenvalue weighted by Gasteiger charge is 2.07. The molecule has 0 aliphatic carbocycles. The summed E-state index contributed by atoms with van der Waals surface area (Å²) in [6, 6.07) is 0. The lowest BCUT2D eigenvalue weighted by Gasteiger charge is -1.98. The van der Waals surface area contributed by atoms with Crippen LogP contribution in [0.5, 0.6) is 0 Å². The Balaban J connectivity index is 3.49. The van der Waals surface area contributed by atoms with Crippen LogP contribution in [0.15, 0.2) is 12.3 Å². The largest absolute Gasteiger partial charge is 0.434 e. The first-order valence-corrected chi connectivity index (χ1v) is 3.67. The van der Waals surface area contributed by atoms with E-state index in [0.29, 0.717) is 0 Å². The van der Waals surface area contributed by atoms with Gasteiger partial charge in [-0.25, -0.2) is 0 Å². The lowest BCUT2D eigenvalue weighted by Crippen LogP contribution is -2.10. The van der Waals surface area contributed by atoms with Gasteiger partial charge >= 0.3 is 5.97 Å². The van der Waals surface area contributed by atoms with E-state index in [1.807, 2.05) is 6.92 Å². The number of esters is 1. The average Bonchev–Trinajstić information content (AvgIpc) is 1.88. The summed E-state index contributed by atoms with van der Waals surface area (Å²) < 4.78 is 4.62. The van der Waals surface area contributed by atoms with Gasteiger partial charge in [-0.3, -0.25) is 4.79 Å². The molecular formula is C7H11O2S. The van der Waals surface area contributed by atoms with Crippen LogP contribution in [-0.2, 0) is 9.53 Å². The van der Waals surface area contributed by atoms with Crippen LogP contribution in [0.4, 0.5) is 0 Å². The molecule has 1 atom stereocenters. The van der Waals surface area contributed by atoms with Crippen molar-refractivity contribution in [3.63, 3.8) is 0 Å². The van der Waals surface area contributed by atoms with E-state index in [9.17, 15) is 4.79 Å². The van der Waals surface area contributed by atoms with Crippen molar-refractivity contribution in [3.8, 4) is 0 Å². The highest BCUT2D eigenvalue weighted by Crippen LogP contribution is 1.96. The second kappa shape index (κ2) is 5.35. The maximum absolute atomic E-state index is 10.6. The first-order valence-electron chi connectivity index (χ1n) is 3.19. The van der Waals surface area contributed by atoms with Crippen LogP contribution in [0.25, 0.3) is 0 Å². The number of carbonyl (C=O) groups is 1. The number of carbonyl (C=O) groups excluding carboxylic acids is 1. The van der Waals surface area contributed by atoms with Crippen molar-refractivity contribution in [2.24, 2.45) is 0 Å². The van der Waals surface area contributed by atoms with Gasteiger partial charge in [-0.1, -0.05) is 19.6 Å². The molecule has 3 heteroatoms. The number of rotatable bonds is 3. The Morgan fingerprint density at radius 2 is 2.40 bits per heavy atom. The Hall–Kier alpha value is -0.440. The van der Waals surface area contributed by atoms with Gasteiger partial charge in [0.2, 0.25) is 0 Å². The predicted octanol–water partition coefficient (Wildman–Crippen LogP) is 2.04. The maximum Gasteiger partial charge on any atom is 0.324 e. The molecule has 0 saturated heterocycles. The van der Waals surface area contributed by atoms with Crippen molar-refractivity contribution in [3.05, 3.63) is 12.3 Å². The van der Waals surface area contributed by atoms with Crippen LogP contribution in [0.1, 0.15) is 20.3 Å². The first kappa shape index (κ1) is 9.56. The van der Waals surface area contributed by atoms with Gasteiger partial charge in [-0.05, 0) is 19.4 Å². The van der Waals surface area contributed by atoms with Gasteiger partial charge in [0.25, 0.3) is 0 Å². The van der Waals surface area contributed by atoms with E-state index in [0.717, 1.165) is 6.42 Å². The van der Waals surface area contributed by atoms with Crippen molar-refractivity contribution >= 4 is 18.6 Å². The SMILES string of the molecule is CC/C=C/OC(=O)C(C)[S]. The molecular weight excluding hydrogens is 148 g/mol. The zero-order valence-electron chi connectivity index (χ0n) is 6.16. The third-order valence-corrected chi connectivity index (χ3v) is 1.04. The molecule has 0 aliphatic heterocycles. The van der Waals surface area contributed by atoms with E-state index in [-0.39, 0.29) is 5.97 Å². The minimum absolute atomic E-state index is 0.361. The van der Waals surface area contributed by atoms with Gasteiger partial charge in [0, 0.05) is 0 Å². The monoisotopic (exact) mass is 159 g/mol. The molecule has 0 saturated carbocycles. The molecule has 0 amide bonds. The van der Waals surface area contributed by atoms with Crippen molar-refractivity contribution in [2.75, 3.05) is 0 Å².